The molecule has 142 valence electrons. The summed E-state index contributed by atoms with van der Waals surface area (Å²) in [6.07, 6.45) is 1.60. The van der Waals surface area contributed by atoms with E-state index in [0.717, 1.165) is 35.6 Å². The van der Waals surface area contributed by atoms with Gasteiger partial charge in [-0.15, -0.1) is 0 Å². The molecule has 0 saturated heterocycles. The Morgan fingerprint density at radius 1 is 1.15 bits per heavy atom. The molecule has 0 bridgehead atoms. The molecule has 3 aromatic rings. The third-order valence-corrected chi connectivity index (χ3v) is 4.15. The highest BCUT2D eigenvalue weighted by atomic mass is 19.2. The van der Waals surface area contributed by atoms with Gasteiger partial charge in [0.25, 0.3) is 0 Å². The van der Waals surface area contributed by atoms with Gasteiger partial charge in [-0.25, -0.2) is 13.8 Å². The molecule has 0 aliphatic rings. The number of aromatic nitrogens is 3. The number of benzene rings is 1. The second-order valence-electron chi connectivity index (χ2n) is 6.54. The lowest BCUT2D eigenvalue weighted by atomic mass is 10.2. The summed E-state index contributed by atoms with van der Waals surface area (Å²) in [6, 6.07) is 9.30. The summed E-state index contributed by atoms with van der Waals surface area (Å²) in [5, 5.41) is 7.88. The normalized spacial score (nSPS) is 12.2. The van der Waals surface area contributed by atoms with Crippen LogP contribution in [0.5, 0.6) is 11.6 Å². The summed E-state index contributed by atoms with van der Waals surface area (Å²) in [5.41, 5.74) is 2.93. The largest absolute Gasteiger partial charge is 0.439 e. The SMILES string of the molecule is Cc1cc(C)n(C[C@@H](C)NCc2cccnc2Oc2ccc(F)c(F)c2)n1. The maximum absolute atomic E-state index is 13.4. The van der Waals surface area contributed by atoms with Crippen LogP contribution in [0, 0.1) is 25.5 Å². The zero-order valence-electron chi connectivity index (χ0n) is 15.5. The number of nitrogens with one attached hydrogen (secondary N) is 1. The zero-order valence-corrected chi connectivity index (χ0v) is 15.5. The van der Waals surface area contributed by atoms with Gasteiger partial charge < -0.3 is 10.1 Å². The molecule has 0 amide bonds. The van der Waals surface area contributed by atoms with Crippen molar-refractivity contribution in [2.45, 2.75) is 39.9 Å². The summed E-state index contributed by atoms with van der Waals surface area (Å²) in [5.74, 6) is -1.32. The van der Waals surface area contributed by atoms with Crippen LogP contribution in [-0.4, -0.2) is 20.8 Å². The third kappa shape index (κ3) is 4.89. The Morgan fingerprint density at radius 2 is 1.96 bits per heavy atom. The van der Waals surface area contributed by atoms with Gasteiger partial charge in [-0.2, -0.15) is 5.10 Å². The lowest BCUT2D eigenvalue weighted by Gasteiger charge is -2.16. The molecule has 2 heterocycles. The second-order valence-corrected chi connectivity index (χ2v) is 6.54. The first kappa shape index (κ1) is 19.0. The van der Waals surface area contributed by atoms with Crippen LogP contribution in [0.2, 0.25) is 0 Å². The summed E-state index contributed by atoms with van der Waals surface area (Å²) in [7, 11) is 0. The van der Waals surface area contributed by atoms with E-state index in [1.807, 2.05) is 30.7 Å². The first-order valence-electron chi connectivity index (χ1n) is 8.73. The van der Waals surface area contributed by atoms with Crippen LogP contribution in [0.25, 0.3) is 0 Å². The quantitative estimate of drug-likeness (QED) is 0.677. The fourth-order valence-corrected chi connectivity index (χ4v) is 2.77. The minimum absolute atomic E-state index is 0.166. The molecule has 0 unspecified atom stereocenters. The molecule has 0 saturated carbocycles. The molecule has 27 heavy (non-hydrogen) atoms. The van der Waals surface area contributed by atoms with Crippen LogP contribution in [0.15, 0.2) is 42.6 Å². The van der Waals surface area contributed by atoms with Gasteiger partial charge in [-0.1, -0.05) is 6.07 Å². The predicted molar refractivity (Wildman–Crippen MR) is 98.7 cm³/mol. The Balaban J connectivity index is 1.65. The predicted octanol–water partition coefficient (Wildman–Crippen LogP) is 4.14. The summed E-state index contributed by atoms with van der Waals surface area (Å²) >= 11 is 0. The Labute approximate surface area is 157 Å². The Bertz CT molecular complexity index is 926. The molecular weight excluding hydrogens is 350 g/mol. The van der Waals surface area contributed by atoms with E-state index in [-0.39, 0.29) is 11.8 Å². The van der Waals surface area contributed by atoms with Gasteiger partial charge in [0.05, 0.1) is 12.2 Å². The maximum atomic E-state index is 13.4. The minimum atomic E-state index is -0.957. The first-order chi connectivity index (χ1) is 12.9. The van der Waals surface area contributed by atoms with Crippen molar-refractivity contribution in [1.29, 1.82) is 0 Å². The molecule has 1 atom stereocenters. The van der Waals surface area contributed by atoms with E-state index in [0.29, 0.717) is 12.4 Å². The third-order valence-electron chi connectivity index (χ3n) is 4.15. The zero-order chi connectivity index (χ0) is 19.4. The van der Waals surface area contributed by atoms with E-state index in [2.05, 4.69) is 22.3 Å². The monoisotopic (exact) mass is 372 g/mol. The van der Waals surface area contributed by atoms with E-state index in [1.165, 1.54) is 6.07 Å². The van der Waals surface area contributed by atoms with Crippen LogP contribution in [0.1, 0.15) is 23.9 Å². The van der Waals surface area contributed by atoms with Crippen molar-refractivity contribution < 1.29 is 13.5 Å². The van der Waals surface area contributed by atoms with Gasteiger partial charge in [0, 0.05) is 36.1 Å². The molecule has 1 N–H and O–H groups in total. The lowest BCUT2D eigenvalue weighted by molar-refractivity contribution is 0.422. The van der Waals surface area contributed by atoms with Crippen molar-refractivity contribution in [1.82, 2.24) is 20.1 Å². The van der Waals surface area contributed by atoms with Crippen molar-refractivity contribution in [3.8, 4) is 11.6 Å². The van der Waals surface area contributed by atoms with E-state index >= 15 is 0 Å². The fraction of sp³-hybridized carbons (Fsp3) is 0.300. The number of hydrogen-bond acceptors (Lipinski definition) is 4. The maximum Gasteiger partial charge on any atom is 0.223 e. The van der Waals surface area contributed by atoms with Crippen molar-refractivity contribution >= 4 is 0 Å². The van der Waals surface area contributed by atoms with Crippen LogP contribution < -0.4 is 10.1 Å². The van der Waals surface area contributed by atoms with Gasteiger partial charge in [0.1, 0.15) is 5.75 Å². The number of aryl methyl sites for hydroxylation is 2. The molecule has 0 radical (unpaired) electrons. The average Bonchev–Trinajstić information content (AvgIpc) is 2.94. The number of hydrogen-bond donors (Lipinski definition) is 1. The Morgan fingerprint density at radius 3 is 2.67 bits per heavy atom. The molecule has 0 fully saturated rings. The topological polar surface area (TPSA) is 52.0 Å². The molecule has 2 aromatic heterocycles. The molecule has 7 heteroatoms. The fourth-order valence-electron chi connectivity index (χ4n) is 2.77. The molecule has 1 aromatic carbocycles. The second kappa shape index (κ2) is 8.26. The van der Waals surface area contributed by atoms with Crippen molar-refractivity contribution in [3.63, 3.8) is 0 Å². The molecule has 5 nitrogen and oxygen atoms in total. The number of halogens is 2. The van der Waals surface area contributed by atoms with E-state index in [9.17, 15) is 8.78 Å². The van der Waals surface area contributed by atoms with E-state index < -0.39 is 11.6 Å². The average molecular weight is 372 g/mol. The van der Waals surface area contributed by atoms with Crippen LogP contribution in [0.4, 0.5) is 8.78 Å². The van der Waals surface area contributed by atoms with Crippen LogP contribution in [0.3, 0.4) is 0 Å². The van der Waals surface area contributed by atoms with Crippen molar-refractivity contribution in [2.24, 2.45) is 0 Å². The number of pyridine rings is 1. The van der Waals surface area contributed by atoms with Gasteiger partial charge in [-0.05, 0) is 45.0 Å². The standard InChI is InChI=1S/C20H22F2N4O/c1-13-9-15(3)26(25-13)12-14(2)24-11-16-5-4-8-23-20(16)27-17-6-7-18(21)19(22)10-17/h4-10,14,24H,11-12H2,1-3H3/t14-/m1/s1. The first-order valence-corrected chi connectivity index (χ1v) is 8.73. The molecule has 3 rings (SSSR count). The number of ether oxygens (including phenoxy) is 1. The summed E-state index contributed by atoms with van der Waals surface area (Å²) in [4.78, 5) is 4.21. The molecule has 0 aliphatic carbocycles. The van der Waals surface area contributed by atoms with Crippen LogP contribution in [-0.2, 0) is 13.1 Å². The van der Waals surface area contributed by atoms with Gasteiger partial charge in [0.2, 0.25) is 5.88 Å². The van der Waals surface area contributed by atoms with Crippen LogP contribution >= 0.6 is 0 Å². The summed E-state index contributed by atoms with van der Waals surface area (Å²) in [6.45, 7) is 7.33. The molecular formula is C20H22F2N4O. The van der Waals surface area contributed by atoms with E-state index in [1.54, 1.807) is 12.3 Å². The highest BCUT2D eigenvalue weighted by Gasteiger charge is 2.11. The Hall–Kier alpha value is -2.80. The van der Waals surface area contributed by atoms with E-state index in [4.69, 9.17) is 4.74 Å². The van der Waals surface area contributed by atoms with Crippen molar-refractivity contribution in [2.75, 3.05) is 0 Å². The van der Waals surface area contributed by atoms with Gasteiger partial charge >= 0.3 is 0 Å². The Kier molecular flexibility index (Phi) is 5.81. The highest BCUT2D eigenvalue weighted by Crippen LogP contribution is 2.24. The smallest absolute Gasteiger partial charge is 0.223 e. The lowest BCUT2D eigenvalue weighted by Crippen LogP contribution is -2.30. The highest BCUT2D eigenvalue weighted by molar-refractivity contribution is 5.32. The number of rotatable bonds is 7. The number of nitrogens with zero attached hydrogens (tertiary/aromatic N) is 3. The summed E-state index contributed by atoms with van der Waals surface area (Å²) < 4.78 is 34.1. The molecule has 0 aliphatic heterocycles. The molecule has 0 spiro atoms. The van der Waals surface area contributed by atoms with Crippen molar-refractivity contribution in [3.05, 3.63) is 71.2 Å². The van der Waals surface area contributed by atoms with Gasteiger partial charge in [0.15, 0.2) is 11.6 Å². The van der Waals surface area contributed by atoms with Gasteiger partial charge in [-0.3, -0.25) is 4.68 Å². The minimum Gasteiger partial charge on any atom is -0.439 e.